The van der Waals surface area contributed by atoms with Gasteiger partial charge in [0.05, 0.1) is 18.3 Å². The van der Waals surface area contributed by atoms with Crippen molar-refractivity contribution in [3.63, 3.8) is 0 Å². The van der Waals surface area contributed by atoms with Crippen LogP contribution in [-0.2, 0) is 4.79 Å². The Morgan fingerprint density at radius 3 is 2.54 bits per heavy atom. The molecule has 8 rings (SSSR count). The summed E-state index contributed by atoms with van der Waals surface area (Å²) in [5.74, 6) is 1.12. The third-order valence-corrected chi connectivity index (χ3v) is 12.0. The molecule has 0 bridgehead atoms. The summed E-state index contributed by atoms with van der Waals surface area (Å²) in [4.78, 5) is 34.2. The number of β-amino-alcohol motifs (C(OH)–C–C–N with tert-alkyl or cyclic N) is 1. The van der Waals surface area contributed by atoms with Crippen LogP contribution in [0.4, 0.5) is 24.9 Å². The van der Waals surface area contributed by atoms with E-state index in [4.69, 9.17) is 21.3 Å². The van der Waals surface area contributed by atoms with Crippen LogP contribution >= 0.6 is 0 Å². The SMILES string of the molecule is [C-]#[N+]CC1(N(C)CCO)CN(c2nc(N3CCC4(CC3)CN(C(=O)C=C)C4)c3cc(C4CC4)c(-c4c(C)ccc5[nH]ncc45)c(OCC(F)(F)F)c3n2)C1. The molecular weight excluding hydrogens is 699 g/mol. The minimum absolute atomic E-state index is 0.00306. The normalized spacial score (nSPS) is 19.3. The summed E-state index contributed by atoms with van der Waals surface area (Å²) in [7, 11) is 1.88. The maximum atomic E-state index is 14.1. The van der Waals surface area contributed by atoms with Crippen molar-refractivity contribution >= 4 is 39.5 Å². The fourth-order valence-electron chi connectivity index (χ4n) is 8.70. The topological polar surface area (TPSA) is 118 Å². The van der Waals surface area contributed by atoms with E-state index in [9.17, 15) is 23.1 Å². The molecule has 0 unspecified atom stereocenters. The number of benzene rings is 2. The number of nitrogens with one attached hydrogen (secondary N) is 1. The predicted molar refractivity (Wildman–Crippen MR) is 200 cm³/mol. The third-order valence-electron chi connectivity index (χ3n) is 12.0. The Labute approximate surface area is 311 Å². The number of likely N-dealkylation sites (tertiary alicyclic amines) is 1. The molecule has 1 amide bonds. The van der Waals surface area contributed by atoms with Crippen LogP contribution < -0.4 is 14.5 Å². The first-order valence-corrected chi connectivity index (χ1v) is 18.5. The first kappa shape index (κ1) is 36.1. The second kappa shape index (κ2) is 13.4. The molecule has 3 aliphatic heterocycles. The lowest BCUT2D eigenvalue weighted by Crippen LogP contribution is -2.71. The Balaban J connectivity index is 1.30. The number of hydrogen-bond donors (Lipinski definition) is 2. The van der Waals surface area contributed by atoms with Crippen molar-refractivity contribution in [3.05, 3.63) is 59.6 Å². The molecule has 5 heterocycles. The number of aromatic amines is 1. The van der Waals surface area contributed by atoms with Crippen LogP contribution in [0.5, 0.6) is 5.75 Å². The van der Waals surface area contributed by atoms with Gasteiger partial charge in [-0.05, 0) is 80.5 Å². The zero-order chi connectivity index (χ0) is 38.0. The number of aryl methyl sites for hydroxylation is 1. The number of aliphatic hydroxyl groups is 1. The zero-order valence-corrected chi connectivity index (χ0v) is 30.5. The van der Waals surface area contributed by atoms with Crippen LogP contribution in [-0.4, -0.2) is 125 Å². The molecule has 4 aliphatic rings. The maximum Gasteiger partial charge on any atom is 0.422 e. The molecule has 284 valence electrons. The van der Waals surface area contributed by atoms with Gasteiger partial charge in [0, 0.05) is 67.6 Å². The molecule has 15 heteroatoms. The van der Waals surface area contributed by atoms with Gasteiger partial charge in [0.2, 0.25) is 18.4 Å². The van der Waals surface area contributed by atoms with Crippen LogP contribution in [0.3, 0.4) is 0 Å². The van der Waals surface area contributed by atoms with Crippen LogP contribution in [0.1, 0.15) is 42.7 Å². The van der Waals surface area contributed by atoms with Crippen LogP contribution in [0.25, 0.3) is 37.8 Å². The molecule has 2 aromatic carbocycles. The summed E-state index contributed by atoms with van der Waals surface area (Å²) in [6, 6.07) is 5.93. The second-order valence-corrected chi connectivity index (χ2v) is 15.6. The quantitative estimate of drug-likeness (QED) is 0.156. The smallest absolute Gasteiger partial charge is 0.422 e. The van der Waals surface area contributed by atoms with Crippen molar-refractivity contribution in [2.24, 2.45) is 5.41 Å². The standard InChI is InChI=1S/C39H44F3N9O3/c1-5-30(53)50-19-37(20-50)10-12-49(13-11-37)35-27-16-26(25-7-8-25)32(31-24(2)6-9-29-28(31)17-44-47-29)34(54-23-39(40,41)42)33(27)45-36(46-35)51-21-38(22-51,18-43-3)48(4)14-15-52/h5-6,9,16-17,25,52H,1,7-8,10-15,18-23H2,2,4H3,(H,44,47). The highest BCUT2D eigenvalue weighted by Gasteiger charge is 2.51. The van der Waals surface area contributed by atoms with Gasteiger partial charge >= 0.3 is 6.18 Å². The maximum absolute atomic E-state index is 14.1. The molecule has 2 N–H and O–H groups in total. The number of ether oxygens (including phenoxy) is 1. The van der Waals surface area contributed by atoms with Crippen molar-refractivity contribution in [1.82, 2.24) is 30.0 Å². The average Bonchev–Trinajstić information content (AvgIpc) is 3.86. The Bertz CT molecular complexity index is 2150. The molecular formula is C39H44F3N9O3. The van der Waals surface area contributed by atoms with E-state index in [0.29, 0.717) is 74.0 Å². The van der Waals surface area contributed by atoms with Gasteiger partial charge in [0.25, 0.3) is 0 Å². The van der Waals surface area contributed by atoms with Gasteiger partial charge in [-0.3, -0.25) is 14.8 Å². The Morgan fingerprint density at radius 2 is 1.89 bits per heavy atom. The highest BCUT2D eigenvalue weighted by molar-refractivity contribution is 6.06. The number of carbonyl (C=O) groups excluding carboxylic acids is 1. The number of aliphatic hydroxyl groups excluding tert-OH is 1. The van der Waals surface area contributed by atoms with Gasteiger partial charge in [-0.25, -0.2) is 11.6 Å². The van der Waals surface area contributed by atoms with Gasteiger partial charge < -0.3 is 29.4 Å². The van der Waals surface area contributed by atoms with E-state index in [0.717, 1.165) is 53.3 Å². The van der Waals surface area contributed by atoms with E-state index < -0.39 is 18.3 Å². The van der Waals surface area contributed by atoms with Gasteiger partial charge in [-0.15, -0.1) is 0 Å². The van der Waals surface area contributed by atoms with E-state index in [-0.39, 0.29) is 36.1 Å². The summed E-state index contributed by atoms with van der Waals surface area (Å²) in [6.07, 6.45) is 1.90. The Hall–Kier alpha value is -4.94. The van der Waals surface area contributed by atoms with Crippen LogP contribution in [0.2, 0.25) is 0 Å². The van der Waals surface area contributed by atoms with Gasteiger partial charge in [0.15, 0.2) is 12.4 Å². The molecule has 4 aromatic rings. The summed E-state index contributed by atoms with van der Waals surface area (Å²) in [5, 5.41) is 18.4. The molecule has 1 saturated carbocycles. The van der Waals surface area contributed by atoms with Gasteiger partial charge in [-0.2, -0.15) is 23.3 Å². The number of halogens is 3. The summed E-state index contributed by atoms with van der Waals surface area (Å²) in [6.45, 7) is 15.7. The lowest BCUT2D eigenvalue weighted by molar-refractivity contribution is -0.153. The van der Waals surface area contributed by atoms with Crippen molar-refractivity contribution in [2.75, 3.05) is 82.4 Å². The number of rotatable bonds is 11. The molecule has 3 saturated heterocycles. The number of likely N-dealkylation sites (N-methyl/N-ethyl adjacent to an activating group) is 1. The van der Waals surface area contributed by atoms with Gasteiger partial charge in [-0.1, -0.05) is 12.6 Å². The number of carbonyl (C=O) groups is 1. The van der Waals surface area contributed by atoms with E-state index >= 15 is 0 Å². The van der Waals surface area contributed by atoms with Crippen LogP contribution in [0.15, 0.2) is 37.1 Å². The largest absolute Gasteiger partial charge is 0.481 e. The van der Waals surface area contributed by atoms with Crippen molar-refractivity contribution in [3.8, 4) is 16.9 Å². The lowest BCUT2D eigenvalue weighted by Gasteiger charge is -2.54. The van der Waals surface area contributed by atoms with Crippen molar-refractivity contribution in [1.29, 1.82) is 0 Å². The lowest BCUT2D eigenvalue weighted by atomic mass is 9.72. The van der Waals surface area contributed by atoms with E-state index in [2.05, 4.69) is 32.6 Å². The fraction of sp³-hybridized carbons (Fsp3) is 0.513. The third kappa shape index (κ3) is 6.28. The number of alkyl halides is 3. The summed E-state index contributed by atoms with van der Waals surface area (Å²) < 4.78 is 48.3. The molecule has 0 atom stereocenters. The number of nitrogens with zero attached hydrogens (tertiary/aromatic N) is 8. The number of H-pyrrole nitrogens is 1. The molecule has 1 spiro atoms. The number of amides is 1. The highest BCUT2D eigenvalue weighted by Crippen LogP contribution is 2.53. The van der Waals surface area contributed by atoms with E-state index in [1.165, 1.54) is 6.08 Å². The van der Waals surface area contributed by atoms with Crippen LogP contribution in [0, 0.1) is 18.9 Å². The van der Waals surface area contributed by atoms with E-state index in [1.807, 2.05) is 40.8 Å². The molecule has 0 radical (unpaired) electrons. The first-order chi connectivity index (χ1) is 25.9. The Morgan fingerprint density at radius 1 is 1.15 bits per heavy atom. The Kier molecular flexibility index (Phi) is 8.96. The number of hydrogen-bond acceptors (Lipinski definition) is 9. The molecule has 54 heavy (non-hydrogen) atoms. The van der Waals surface area contributed by atoms with Gasteiger partial charge in [0.1, 0.15) is 16.9 Å². The monoisotopic (exact) mass is 743 g/mol. The molecule has 2 aromatic heterocycles. The molecule has 4 fully saturated rings. The number of aromatic nitrogens is 4. The van der Waals surface area contributed by atoms with E-state index in [1.54, 1.807) is 6.20 Å². The highest BCUT2D eigenvalue weighted by atomic mass is 19.4. The average molecular weight is 744 g/mol. The van der Waals surface area contributed by atoms with Crippen molar-refractivity contribution in [2.45, 2.75) is 50.2 Å². The van der Waals surface area contributed by atoms with Crippen molar-refractivity contribution < 1.29 is 27.8 Å². The predicted octanol–water partition coefficient (Wildman–Crippen LogP) is 5.32. The number of anilines is 2. The minimum Gasteiger partial charge on any atom is -0.481 e. The summed E-state index contributed by atoms with van der Waals surface area (Å²) in [5.41, 5.74) is 3.68. The zero-order valence-electron chi connectivity index (χ0n) is 30.5. The fourth-order valence-corrected chi connectivity index (χ4v) is 8.70. The minimum atomic E-state index is -4.60. The summed E-state index contributed by atoms with van der Waals surface area (Å²) >= 11 is 0. The molecule has 1 aliphatic carbocycles. The second-order valence-electron chi connectivity index (χ2n) is 15.6. The first-order valence-electron chi connectivity index (χ1n) is 18.5. The molecule has 12 nitrogen and oxygen atoms in total. The number of piperidine rings is 1. The number of fused-ring (bicyclic) bond motifs is 2.